The summed E-state index contributed by atoms with van der Waals surface area (Å²) in [6.45, 7) is 0.781. The minimum absolute atomic E-state index is 0.116. The molecular weight excluding hydrogens is 242 g/mol. The molecule has 100 valence electrons. The third-order valence-electron chi connectivity index (χ3n) is 3.66. The Labute approximate surface area is 103 Å². The maximum atomic E-state index is 12.8. The molecule has 18 heavy (non-hydrogen) atoms. The minimum Gasteiger partial charge on any atom is -0.408 e. The van der Waals surface area contributed by atoms with Gasteiger partial charge >= 0.3 is 6.01 Å². The molecule has 3 rings (SSSR count). The van der Waals surface area contributed by atoms with Crippen LogP contribution in [-0.2, 0) is 0 Å². The molecule has 0 amide bonds. The van der Waals surface area contributed by atoms with E-state index in [1.807, 2.05) is 4.90 Å². The number of aromatic nitrogens is 2. The van der Waals surface area contributed by atoms with Crippen LogP contribution >= 0.6 is 0 Å². The molecule has 0 bridgehead atoms. The van der Waals surface area contributed by atoms with Crippen molar-refractivity contribution in [2.45, 2.75) is 50.1 Å². The van der Waals surface area contributed by atoms with E-state index in [-0.39, 0.29) is 24.9 Å². The van der Waals surface area contributed by atoms with Gasteiger partial charge in [0.25, 0.3) is 0 Å². The lowest BCUT2D eigenvalue weighted by atomic mass is 9.81. The Kier molecular flexibility index (Phi) is 2.73. The predicted molar refractivity (Wildman–Crippen MR) is 60.4 cm³/mol. The van der Waals surface area contributed by atoms with Gasteiger partial charge in [-0.2, -0.15) is 0 Å². The van der Waals surface area contributed by atoms with E-state index in [4.69, 9.17) is 10.2 Å². The second-order valence-electron chi connectivity index (χ2n) is 5.14. The highest BCUT2D eigenvalue weighted by Crippen LogP contribution is 2.48. The van der Waals surface area contributed by atoms with E-state index in [2.05, 4.69) is 10.2 Å². The molecule has 1 aliphatic carbocycles. The molecule has 7 heteroatoms. The summed E-state index contributed by atoms with van der Waals surface area (Å²) < 4.78 is 31.0. The summed E-state index contributed by atoms with van der Waals surface area (Å²) >= 11 is 0. The molecule has 1 saturated heterocycles. The predicted octanol–water partition coefficient (Wildman–Crippen LogP) is 1.86. The summed E-state index contributed by atoms with van der Waals surface area (Å²) in [4.78, 5) is 1.86. The average Bonchev–Trinajstić information content (AvgIpc) is 2.75. The van der Waals surface area contributed by atoms with Crippen molar-refractivity contribution < 1.29 is 13.2 Å². The Hall–Kier alpha value is -1.24. The first-order valence-electron chi connectivity index (χ1n) is 6.29. The molecule has 1 aromatic rings. The summed E-state index contributed by atoms with van der Waals surface area (Å²) in [6, 6.07) is 0.368. The van der Waals surface area contributed by atoms with Crippen molar-refractivity contribution in [3.8, 4) is 0 Å². The highest BCUT2D eigenvalue weighted by Gasteiger charge is 2.48. The summed E-state index contributed by atoms with van der Waals surface area (Å²) in [6.07, 6.45) is 2.51. The fourth-order valence-electron chi connectivity index (χ4n) is 2.54. The first-order valence-corrected chi connectivity index (χ1v) is 6.29. The molecule has 1 aliphatic heterocycles. The van der Waals surface area contributed by atoms with Crippen LogP contribution in [0.2, 0.25) is 0 Å². The van der Waals surface area contributed by atoms with E-state index in [9.17, 15) is 8.78 Å². The zero-order valence-corrected chi connectivity index (χ0v) is 9.98. The van der Waals surface area contributed by atoms with Crippen molar-refractivity contribution in [1.82, 2.24) is 10.2 Å². The molecule has 5 nitrogen and oxygen atoms in total. The summed E-state index contributed by atoms with van der Waals surface area (Å²) in [5, 5.41) is 7.79. The molecule has 2 aliphatic rings. The van der Waals surface area contributed by atoms with Crippen LogP contribution < -0.4 is 10.6 Å². The van der Waals surface area contributed by atoms with Crippen LogP contribution in [0.5, 0.6) is 0 Å². The molecule has 0 spiro atoms. The van der Waals surface area contributed by atoms with Crippen LogP contribution in [0.15, 0.2) is 4.42 Å². The van der Waals surface area contributed by atoms with Crippen LogP contribution in [0.4, 0.5) is 14.8 Å². The second kappa shape index (κ2) is 4.15. The van der Waals surface area contributed by atoms with Gasteiger partial charge in [0, 0.05) is 25.3 Å². The number of hydrogen-bond donors (Lipinski definition) is 1. The fourth-order valence-corrected chi connectivity index (χ4v) is 2.54. The quantitative estimate of drug-likeness (QED) is 0.876. The van der Waals surface area contributed by atoms with Crippen LogP contribution in [0.25, 0.3) is 0 Å². The Balaban J connectivity index is 1.70. The molecule has 1 atom stereocenters. The number of piperidine rings is 1. The number of nitrogens with zero attached hydrogens (tertiary/aromatic N) is 3. The Morgan fingerprint density at radius 3 is 2.72 bits per heavy atom. The lowest BCUT2D eigenvalue weighted by molar-refractivity contribution is -0.0917. The van der Waals surface area contributed by atoms with Gasteiger partial charge in [-0.25, -0.2) is 8.78 Å². The van der Waals surface area contributed by atoms with Crippen LogP contribution in [0, 0.1) is 0 Å². The van der Waals surface area contributed by atoms with Gasteiger partial charge in [-0.05, 0) is 19.3 Å². The van der Waals surface area contributed by atoms with Gasteiger partial charge < -0.3 is 15.1 Å². The van der Waals surface area contributed by atoms with Gasteiger partial charge in [-0.3, -0.25) is 0 Å². The molecular formula is C11H16F2N4O. The molecule has 2 heterocycles. The summed E-state index contributed by atoms with van der Waals surface area (Å²) in [5.41, 5.74) is 5.96. The lowest BCUT2D eigenvalue weighted by Crippen LogP contribution is -2.45. The van der Waals surface area contributed by atoms with E-state index in [1.54, 1.807) is 0 Å². The normalized spacial score (nSPS) is 28.2. The minimum atomic E-state index is -2.57. The van der Waals surface area contributed by atoms with E-state index in [0.29, 0.717) is 11.9 Å². The van der Waals surface area contributed by atoms with Crippen LogP contribution in [-0.4, -0.2) is 28.8 Å². The zero-order valence-electron chi connectivity index (χ0n) is 9.98. The molecule has 1 aromatic heterocycles. The highest BCUT2D eigenvalue weighted by molar-refractivity contribution is 5.27. The average molecular weight is 258 g/mol. The number of rotatable bonds is 2. The van der Waals surface area contributed by atoms with Gasteiger partial charge in [0.1, 0.15) is 0 Å². The van der Waals surface area contributed by atoms with Crippen molar-refractivity contribution >= 4 is 6.01 Å². The Morgan fingerprint density at radius 1 is 1.28 bits per heavy atom. The van der Waals surface area contributed by atoms with Crippen LogP contribution in [0.1, 0.15) is 43.9 Å². The molecule has 2 fully saturated rings. The monoisotopic (exact) mass is 258 g/mol. The molecule has 0 aromatic carbocycles. The standard InChI is InChI=1S/C11H16F2N4O/c12-11(13)5-7(6-11)9-15-16-10(18-9)17-4-2-1-3-8(17)14/h7-8H,1-6,14H2. The SMILES string of the molecule is NC1CCCCN1c1nnc(C2CC(F)(F)C2)o1. The Bertz CT molecular complexity index is 428. The van der Waals surface area contributed by atoms with E-state index >= 15 is 0 Å². The van der Waals surface area contributed by atoms with Crippen molar-refractivity contribution in [1.29, 1.82) is 0 Å². The first-order chi connectivity index (χ1) is 8.55. The van der Waals surface area contributed by atoms with Crippen LogP contribution in [0.3, 0.4) is 0 Å². The van der Waals surface area contributed by atoms with E-state index in [1.165, 1.54) is 0 Å². The molecule has 1 saturated carbocycles. The third-order valence-corrected chi connectivity index (χ3v) is 3.66. The lowest BCUT2D eigenvalue weighted by Gasteiger charge is -2.33. The topological polar surface area (TPSA) is 68.2 Å². The maximum Gasteiger partial charge on any atom is 0.319 e. The van der Waals surface area contributed by atoms with Crippen molar-refractivity contribution in [3.05, 3.63) is 5.89 Å². The van der Waals surface area contributed by atoms with Crippen molar-refractivity contribution in [2.75, 3.05) is 11.4 Å². The van der Waals surface area contributed by atoms with E-state index < -0.39 is 5.92 Å². The van der Waals surface area contributed by atoms with Crippen molar-refractivity contribution in [3.63, 3.8) is 0 Å². The van der Waals surface area contributed by atoms with Crippen molar-refractivity contribution in [2.24, 2.45) is 5.73 Å². The fraction of sp³-hybridized carbons (Fsp3) is 0.818. The molecule has 1 unspecified atom stereocenters. The number of alkyl halides is 2. The zero-order chi connectivity index (χ0) is 12.8. The number of anilines is 1. The number of hydrogen-bond acceptors (Lipinski definition) is 5. The molecule has 0 radical (unpaired) electrons. The number of halogens is 2. The van der Waals surface area contributed by atoms with Gasteiger partial charge in [0.2, 0.25) is 11.8 Å². The maximum absolute atomic E-state index is 12.8. The molecule has 2 N–H and O–H groups in total. The second-order valence-corrected chi connectivity index (χ2v) is 5.14. The largest absolute Gasteiger partial charge is 0.408 e. The van der Waals surface area contributed by atoms with Gasteiger partial charge in [0.15, 0.2) is 0 Å². The highest BCUT2D eigenvalue weighted by atomic mass is 19.3. The first kappa shape index (κ1) is 11.8. The van der Waals surface area contributed by atoms with E-state index in [0.717, 1.165) is 25.8 Å². The summed E-state index contributed by atoms with van der Waals surface area (Å²) in [5.74, 6) is -2.56. The number of nitrogens with two attached hydrogens (primary N) is 1. The van der Waals surface area contributed by atoms with Gasteiger partial charge in [-0.1, -0.05) is 5.10 Å². The Morgan fingerprint density at radius 2 is 2.06 bits per heavy atom. The smallest absolute Gasteiger partial charge is 0.319 e. The van der Waals surface area contributed by atoms with Gasteiger partial charge in [0.05, 0.1) is 6.17 Å². The third kappa shape index (κ3) is 2.07. The summed E-state index contributed by atoms with van der Waals surface area (Å²) in [7, 11) is 0. The van der Waals surface area contributed by atoms with Gasteiger partial charge in [-0.15, -0.1) is 5.10 Å².